The van der Waals surface area contributed by atoms with Crippen LogP contribution < -0.4 is 5.73 Å². The molecule has 1 aliphatic rings. The average Bonchev–Trinajstić information content (AvgIpc) is 2.49. The van der Waals surface area contributed by atoms with E-state index in [0.717, 1.165) is 6.42 Å². The Bertz CT molecular complexity index is 307. The van der Waals surface area contributed by atoms with Crippen LogP contribution in [0.3, 0.4) is 0 Å². The number of aryl methyl sites for hydroxylation is 2. The van der Waals surface area contributed by atoms with E-state index < -0.39 is 0 Å². The number of nitrogens with two attached hydrogens (primary N) is 1. The van der Waals surface area contributed by atoms with Crippen LogP contribution in [0.4, 0.5) is 0 Å². The van der Waals surface area contributed by atoms with Crippen LogP contribution in [0.5, 0.6) is 0 Å². The molecule has 1 atom stereocenters. The van der Waals surface area contributed by atoms with Gasteiger partial charge in [0.05, 0.1) is 0 Å². The molecule has 0 heterocycles. The summed E-state index contributed by atoms with van der Waals surface area (Å²) in [5.41, 5.74) is 10.3. The van der Waals surface area contributed by atoms with Gasteiger partial charge in [-0.25, -0.2) is 0 Å². The maximum atomic E-state index is 5.77. The summed E-state index contributed by atoms with van der Waals surface area (Å²) in [5, 5.41) is 0. The van der Waals surface area contributed by atoms with Gasteiger partial charge in [-0.1, -0.05) is 18.2 Å². The van der Waals surface area contributed by atoms with Crippen LogP contribution in [0.25, 0.3) is 0 Å². The Balaban J connectivity index is 0.000000980. The molecule has 1 aliphatic carbocycles. The van der Waals surface area contributed by atoms with E-state index in [1.807, 2.05) is 0 Å². The molecule has 0 radical (unpaired) electrons. The molecule has 1 aromatic carbocycles. The van der Waals surface area contributed by atoms with Crippen LogP contribution in [0.15, 0.2) is 18.2 Å². The van der Waals surface area contributed by atoms with Crippen LogP contribution in [0, 0.1) is 0 Å². The molecule has 78 valence electrons. The summed E-state index contributed by atoms with van der Waals surface area (Å²) < 4.78 is 0. The van der Waals surface area contributed by atoms with Gasteiger partial charge in [-0.15, -0.1) is 12.4 Å². The SMILES string of the molecule is CC(N)Cc1ccc2c(c1)CCC2.Cl. The van der Waals surface area contributed by atoms with Gasteiger partial charge < -0.3 is 5.73 Å². The highest BCUT2D eigenvalue weighted by Gasteiger charge is 2.10. The van der Waals surface area contributed by atoms with Gasteiger partial charge in [0.1, 0.15) is 0 Å². The summed E-state index contributed by atoms with van der Waals surface area (Å²) >= 11 is 0. The van der Waals surface area contributed by atoms with Crippen molar-refractivity contribution >= 4 is 12.4 Å². The molecule has 2 rings (SSSR count). The van der Waals surface area contributed by atoms with Gasteiger partial charge in [0.15, 0.2) is 0 Å². The lowest BCUT2D eigenvalue weighted by Crippen LogP contribution is -2.17. The summed E-state index contributed by atoms with van der Waals surface area (Å²) in [6.45, 7) is 2.06. The fourth-order valence-corrected chi connectivity index (χ4v) is 2.12. The smallest absolute Gasteiger partial charge is 0.00509 e. The summed E-state index contributed by atoms with van der Waals surface area (Å²) in [7, 11) is 0. The van der Waals surface area contributed by atoms with Crippen molar-refractivity contribution in [3.05, 3.63) is 34.9 Å². The fourth-order valence-electron chi connectivity index (χ4n) is 2.12. The quantitative estimate of drug-likeness (QED) is 0.800. The van der Waals surface area contributed by atoms with Crippen molar-refractivity contribution in [1.29, 1.82) is 0 Å². The van der Waals surface area contributed by atoms with Gasteiger partial charge in [0.25, 0.3) is 0 Å². The zero-order valence-corrected chi connectivity index (χ0v) is 9.44. The fraction of sp³-hybridized carbons (Fsp3) is 0.500. The minimum absolute atomic E-state index is 0. The lowest BCUT2D eigenvalue weighted by Gasteiger charge is -2.07. The summed E-state index contributed by atoms with van der Waals surface area (Å²) in [5.74, 6) is 0. The number of hydrogen-bond donors (Lipinski definition) is 1. The molecule has 0 saturated carbocycles. The third kappa shape index (κ3) is 2.49. The molecule has 0 aliphatic heterocycles. The van der Waals surface area contributed by atoms with Gasteiger partial charge in [0.2, 0.25) is 0 Å². The highest BCUT2D eigenvalue weighted by molar-refractivity contribution is 5.85. The van der Waals surface area contributed by atoms with E-state index in [2.05, 4.69) is 25.1 Å². The molecule has 0 aromatic heterocycles. The van der Waals surface area contributed by atoms with E-state index in [-0.39, 0.29) is 18.4 Å². The van der Waals surface area contributed by atoms with Gasteiger partial charge in [0, 0.05) is 6.04 Å². The largest absolute Gasteiger partial charge is 0.328 e. The number of fused-ring (bicyclic) bond motifs is 1. The number of hydrogen-bond acceptors (Lipinski definition) is 1. The standard InChI is InChI=1S/C12H17N.ClH/c1-9(13)7-10-5-6-11-3-2-4-12(11)8-10;/h5-6,8-9H,2-4,7,13H2,1H3;1H. The van der Waals surface area contributed by atoms with E-state index in [1.165, 1.54) is 24.8 Å². The van der Waals surface area contributed by atoms with Crippen LogP contribution in [0.2, 0.25) is 0 Å². The molecular formula is C12H18ClN. The van der Waals surface area contributed by atoms with Crippen molar-refractivity contribution in [3.8, 4) is 0 Å². The second kappa shape index (κ2) is 4.81. The predicted molar refractivity (Wildman–Crippen MR) is 63.1 cm³/mol. The lowest BCUT2D eigenvalue weighted by atomic mass is 10.0. The van der Waals surface area contributed by atoms with E-state index in [0.29, 0.717) is 0 Å². The topological polar surface area (TPSA) is 26.0 Å². The molecule has 2 N–H and O–H groups in total. The second-order valence-corrected chi connectivity index (χ2v) is 4.14. The van der Waals surface area contributed by atoms with E-state index in [4.69, 9.17) is 5.73 Å². The van der Waals surface area contributed by atoms with Crippen molar-refractivity contribution < 1.29 is 0 Å². The Morgan fingerprint density at radius 3 is 2.71 bits per heavy atom. The number of benzene rings is 1. The summed E-state index contributed by atoms with van der Waals surface area (Å²) in [4.78, 5) is 0. The Hall–Kier alpha value is -0.530. The van der Waals surface area contributed by atoms with Crippen LogP contribution in [0.1, 0.15) is 30.0 Å². The molecule has 14 heavy (non-hydrogen) atoms. The maximum absolute atomic E-state index is 5.77. The summed E-state index contributed by atoms with van der Waals surface area (Å²) in [6.07, 6.45) is 4.88. The van der Waals surface area contributed by atoms with E-state index >= 15 is 0 Å². The first-order valence-electron chi connectivity index (χ1n) is 5.12. The van der Waals surface area contributed by atoms with Crippen molar-refractivity contribution in [1.82, 2.24) is 0 Å². The first kappa shape index (κ1) is 11.5. The highest BCUT2D eigenvalue weighted by Crippen LogP contribution is 2.23. The number of halogens is 1. The highest BCUT2D eigenvalue weighted by atomic mass is 35.5. The molecule has 0 spiro atoms. The van der Waals surface area contributed by atoms with Crippen molar-refractivity contribution in [2.75, 3.05) is 0 Å². The summed E-state index contributed by atoms with van der Waals surface area (Å²) in [6, 6.07) is 7.12. The zero-order valence-electron chi connectivity index (χ0n) is 8.62. The third-order valence-electron chi connectivity index (χ3n) is 2.72. The molecule has 0 fully saturated rings. The first-order valence-corrected chi connectivity index (χ1v) is 5.12. The van der Waals surface area contributed by atoms with Crippen molar-refractivity contribution in [2.24, 2.45) is 5.73 Å². The number of rotatable bonds is 2. The Morgan fingerprint density at radius 2 is 2.00 bits per heavy atom. The van der Waals surface area contributed by atoms with E-state index in [1.54, 1.807) is 11.1 Å². The molecule has 2 heteroatoms. The monoisotopic (exact) mass is 211 g/mol. The predicted octanol–water partition coefficient (Wildman–Crippen LogP) is 2.49. The van der Waals surface area contributed by atoms with Gasteiger partial charge in [-0.3, -0.25) is 0 Å². The Labute approximate surface area is 92.1 Å². The maximum Gasteiger partial charge on any atom is 0.00509 e. The van der Waals surface area contributed by atoms with Gasteiger partial charge >= 0.3 is 0 Å². The van der Waals surface area contributed by atoms with Crippen LogP contribution in [-0.4, -0.2) is 6.04 Å². The molecular weight excluding hydrogens is 194 g/mol. The Morgan fingerprint density at radius 1 is 1.29 bits per heavy atom. The minimum atomic E-state index is 0. The molecule has 1 aromatic rings. The molecule has 0 amide bonds. The third-order valence-corrected chi connectivity index (χ3v) is 2.72. The van der Waals surface area contributed by atoms with Crippen molar-refractivity contribution in [2.45, 2.75) is 38.6 Å². The molecule has 0 saturated heterocycles. The zero-order chi connectivity index (χ0) is 9.26. The molecule has 1 nitrogen and oxygen atoms in total. The average molecular weight is 212 g/mol. The Kier molecular flexibility index (Phi) is 3.97. The van der Waals surface area contributed by atoms with Crippen LogP contribution in [-0.2, 0) is 19.3 Å². The molecule has 1 unspecified atom stereocenters. The lowest BCUT2D eigenvalue weighted by molar-refractivity contribution is 0.737. The van der Waals surface area contributed by atoms with Gasteiger partial charge in [-0.2, -0.15) is 0 Å². The normalized spacial score (nSPS) is 15.9. The first-order chi connectivity index (χ1) is 6.25. The van der Waals surface area contributed by atoms with Gasteiger partial charge in [-0.05, 0) is 49.3 Å². The second-order valence-electron chi connectivity index (χ2n) is 4.14. The van der Waals surface area contributed by atoms with Crippen LogP contribution >= 0.6 is 12.4 Å². The van der Waals surface area contributed by atoms with Crippen molar-refractivity contribution in [3.63, 3.8) is 0 Å². The minimum Gasteiger partial charge on any atom is -0.328 e. The van der Waals surface area contributed by atoms with E-state index in [9.17, 15) is 0 Å². The molecule has 0 bridgehead atoms.